The molecular formula is C14H12BrClN2O2. The van der Waals surface area contributed by atoms with Crippen LogP contribution in [0.4, 0.5) is 5.69 Å². The Morgan fingerprint density at radius 3 is 2.95 bits per heavy atom. The van der Waals surface area contributed by atoms with Crippen LogP contribution in [0.2, 0.25) is 5.02 Å². The molecule has 1 heterocycles. The van der Waals surface area contributed by atoms with Crippen molar-refractivity contribution in [3.8, 4) is 5.88 Å². The Morgan fingerprint density at radius 2 is 2.25 bits per heavy atom. The number of pyridine rings is 1. The molecule has 1 amide bonds. The van der Waals surface area contributed by atoms with E-state index in [0.29, 0.717) is 28.8 Å². The molecule has 0 saturated heterocycles. The largest absolute Gasteiger partial charge is 0.476 e. The fourth-order valence-electron chi connectivity index (χ4n) is 1.57. The molecule has 2 aromatic rings. The maximum atomic E-state index is 12.2. The van der Waals surface area contributed by atoms with Gasteiger partial charge in [0.2, 0.25) is 5.88 Å². The van der Waals surface area contributed by atoms with Crippen molar-refractivity contribution in [2.24, 2.45) is 0 Å². The van der Waals surface area contributed by atoms with E-state index in [1.54, 1.807) is 36.5 Å². The highest BCUT2D eigenvalue weighted by atomic mass is 79.9. The van der Waals surface area contributed by atoms with Crippen LogP contribution in [-0.4, -0.2) is 17.5 Å². The first kappa shape index (κ1) is 14.8. The molecular weight excluding hydrogens is 344 g/mol. The molecule has 104 valence electrons. The lowest BCUT2D eigenvalue weighted by Gasteiger charge is -2.10. The van der Waals surface area contributed by atoms with Crippen molar-refractivity contribution in [3.05, 3.63) is 51.6 Å². The molecule has 0 aliphatic rings. The number of halogens is 2. The van der Waals surface area contributed by atoms with Crippen LogP contribution in [0.5, 0.6) is 5.88 Å². The van der Waals surface area contributed by atoms with Crippen molar-refractivity contribution in [1.82, 2.24) is 4.98 Å². The molecule has 0 aliphatic carbocycles. The van der Waals surface area contributed by atoms with Crippen LogP contribution in [0.1, 0.15) is 17.3 Å². The molecule has 0 atom stereocenters. The van der Waals surface area contributed by atoms with E-state index in [9.17, 15) is 4.79 Å². The maximum Gasteiger partial charge on any atom is 0.255 e. The number of nitrogens with zero attached hydrogens (tertiary/aromatic N) is 1. The predicted octanol–water partition coefficient (Wildman–Crippen LogP) is 4.15. The fourth-order valence-corrected chi connectivity index (χ4v) is 2.00. The van der Waals surface area contributed by atoms with Crippen LogP contribution >= 0.6 is 27.5 Å². The van der Waals surface area contributed by atoms with Crippen molar-refractivity contribution in [1.29, 1.82) is 0 Å². The summed E-state index contributed by atoms with van der Waals surface area (Å²) in [5, 5.41) is 3.24. The quantitative estimate of drug-likeness (QED) is 0.896. The van der Waals surface area contributed by atoms with E-state index in [4.69, 9.17) is 16.3 Å². The molecule has 1 N–H and O–H groups in total. The zero-order chi connectivity index (χ0) is 14.5. The van der Waals surface area contributed by atoms with Gasteiger partial charge in [-0.05, 0) is 53.2 Å². The number of amides is 1. The zero-order valence-corrected chi connectivity index (χ0v) is 13.0. The summed E-state index contributed by atoms with van der Waals surface area (Å²) in [5.41, 5.74) is 0.989. The predicted molar refractivity (Wildman–Crippen MR) is 82.5 cm³/mol. The van der Waals surface area contributed by atoms with Crippen molar-refractivity contribution in [2.75, 3.05) is 11.9 Å². The van der Waals surface area contributed by atoms with Gasteiger partial charge in [-0.15, -0.1) is 0 Å². The number of hydrogen-bond acceptors (Lipinski definition) is 3. The standard InChI is InChI=1S/C14H12BrClN2O2/c1-2-20-14-12(4-3-7-17-14)18-13(19)9-5-6-10(15)11(16)8-9/h3-8H,2H2,1H3,(H,18,19). The molecule has 20 heavy (non-hydrogen) atoms. The number of aromatic nitrogens is 1. The SMILES string of the molecule is CCOc1ncccc1NC(=O)c1ccc(Br)c(Cl)c1. The Bertz CT molecular complexity index is 634. The third-order valence-corrected chi connectivity index (χ3v) is 3.71. The second kappa shape index (κ2) is 6.72. The van der Waals surface area contributed by atoms with Crippen LogP contribution < -0.4 is 10.1 Å². The van der Waals surface area contributed by atoms with Gasteiger partial charge in [0, 0.05) is 16.2 Å². The van der Waals surface area contributed by atoms with Crippen LogP contribution in [0.15, 0.2) is 41.0 Å². The molecule has 0 saturated carbocycles. The van der Waals surface area contributed by atoms with E-state index >= 15 is 0 Å². The smallest absolute Gasteiger partial charge is 0.255 e. The number of hydrogen-bond donors (Lipinski definition) is 1. The number of rotatable bonds is 4. The minimum atomic E-state index is -0.270. The highest BCUT2D eigenvalue weighted by molar-refractivity contribution is 9.10. The third-order valence-electron chi connectivity index (χ3n) is 2.48. The van der Waals surface area contributed by atoms with E-state index < -0.39 is 0 Å². The first-order valence-electron chi connectivity index (χ1n) is 5.96. The molecule has 0 spiro atoms. The van der Waals surface area contributed by atoms with Gasteiger partial charge in [-0.2, -0.15) is 0 Å². The Kier molecular flexibility index (Phi) is 4.98. The number of benzene rings is 1. The Balaban J connectivity index is 2.21. The van der Waals surface area contributed by atoms with Crippen molar-refractivity contribution in [2.45, 2.75) is 6.92 Å². The molecule has 0 unspecified atom stereocenters. The second-order valence-corrected chi connectivity index (χ2v) is 5.13. The zero-order valence-electron chi connectivity index (χ0n) is 10.7. The number of carbonyl (C=O) groups excluding carboxylic acids is 1. The van der Waals surface area contributed by atoms with Crippen molar-refractivity contribution < 1.29 is 9.53 Å². The van der Waals surface area contributed by atoms with Gasteiger partial charge in [0.1, 0.15) is 5.69 Å². The minimum Gasteiger partial charge on any atom is -0.476 e. The minimum absolute atomic E-state index is 0.270. The van der Waals surface area contributed by atoms with Gasteiger partial charge in [0.15, 0.2) is 0 Å². The summed E-state index contributed by atoms with van der Waals surface area (Å²) < 4.78 is 6.10. The summed E-state index contributed by atoms with van der Waals surface area (Å²) >= 11 is 9.26. The van der Waals surface area contributed by atoms with E-state index in [0.717, 1.165) is 4.47 Å². The highest BCUT2D eigenvalue weighted by Gasteiger charge is 2.11. The second-order valence-electron chi connectivity index (χ2n) is 3.87. The number of nitrogens with one attached hydrogen (secondary N) is 1. The van der Waals surface area contributed by atoms with Gasteiger partial charge in [-0.3, -0.25) is 4.79 Å². The Morgan fingerprint density at radius 1 is 1.45 bits per heavy atom. The van der Waals surface area contributed by atoms with E-state index in [1.165, 1.54) is 0 Å². The lowest BCUT2D eigenvalue weighted by Crippen LogP contribution is -2.13. The van der Waals surface area contributed by atoms with E-state index in [-0.39, 0.29) is 5.91 Å². The van der Waals surface area contributed by atoms with Crippen molar-refractivity contribution in [3.63, 3.8) is 0 Å². The first-order valence-corrected chi connectivity index (χ1v) is 7.13. The molecule has 0 radical (unpaired) electrons. The topological polar surface area (TPSA) is 51.2 Å². The molecule has 1 aromatic heterocycles. The Hall–Kier alpha value is -1.59. The average molecular weight is 356 g/mol. The Labute approximate surface area is 130 Å². The van der Waals surface area contributed by atoms with Crippen LogP contribution in [0, 0.1) is 0 Å². The lowest BCUT2D eigenvalue weighted by atomic mass is 10.2. The molecule has 0 fully saturated rings. The highest BCUT2D eigenvalue weighted by Crippen LogP contribution is 2.25. The van der Waals surface area contributed by atoms with Gasteiger partial charge in [-0.1, -0.05) is 11.6 Å². The molecule has 0 bridgehead atoms. The van der Waals surface area contributed by atoms with E-state index in [1.807, 2.05) is 6.92 Å². The summed E-state index contributed by atoms with van der Waals surface area (Å²) in [4.78, 5) is 16.2. The normalized spacial score (nSPS) is 10.2. The van der Waals surface area contributed by atoms with E-state index in [2.05, 4.69) is 26.2 Å². The number of carbonyl (C=O) groups is 1. The van der Waals surface area contributed by atoms with Gasteiger partial charge in [-0.25, -0.2) is 4.98 Å². The van der Waals surface area contributed by atoms with Crippen LogP contribution in [0.3, 0.4) is 0 Å². The summed E-state index contributed by atoms with van der Waals surface area (Å²) in [6, 6.07) is 8.46. The first-order chi connectivity index (χ1) is 9.61. The monoisotopic (exact) mass is 354 g/mol. The average Bonchev–Trinajstić information content (AvgIpc) is 2.44. The number of ether oxygens (including phenoxy) is 1. The third kappa shape index (κ3) is 3.49. The fraction of sp³-hybridized carbons (Fsp3) is 0.143. The van der Waals surface area contributed by atoms with Gasteiger partial charge < -0.3 is 10.1 Å². The summed E-state index contributed by atoms with van der Waals surface area (Å²) in [5.74, 6) is 0.125. The number of anilines is 1. The molecule has 1 aromatic carbocycles. The summed E-state index contributed by atoms with van der Waals surface area (Å²) in [6.07, 6.45) is 1.61. The molecule has 4 nitrogen and oxygen atoms in total. The lowest BCUT2D eigenvalue weighted by molar-refractivity contribution is 0.102. The van der Waals surface area contributed by atoms with Crippen molar-refractivity contribution >= 4 is 39.1 Å². The summed E-state index contributed by atoms with van der Waals surface area (Å²) in [6.45, 7) is 2.33. The van der Waals surface area contributed by atoms with Crippen LogP contribution in [-0.2, 0) is 0 Å². The van der Waals surface area contributed by atoms with Gasteiger partial charge >= 0.3 is 0 Å². The summed E-state index contributed by atoms with van der Waals surface area (Å²) in [7, 11) is 0. The van der Waals surface area contributed by atoms with Crippen LogP contribution in [0.25, 0.3) is 0 Å². The molecule has 6 heteroatoms. The molecule has 2 rings (SSSR count). The van der Waals surface area contributed by atoms with Gasteiger partial charge in [0.05, 0.1) is 11.6 Å². The van der Waals surface area contributed by atoms with Gasteiger partial charge in [0.25, 0.3) is 5.91 Å². The maximum absolute atomic E-state index is 12.2. The molecule has 0 aliphatic heterocycles.